The molecule has 0 spiro atoms. The molecule has 2 amide bonds. The fraction of sp³-hybridized carbons (Fsp3) is 0.481. The van der Waals surface area contributed by atoms with Crippen LogP contribution in [-0.4, -0.2) is 84.3 Å². The van der Waals surface area contributed by atoms with E-state index < -0.39 is 74.2 Å². The zero-order chi connectivity index (χ0) is 34.3. The second-order valence-corrected chi connectivity index (χ2v) is 9.47. The molecule has 2 aromatic carbocycles. The maximum absolute atomic E-state index is 14.6. The van der Waals surface area contributed by atoms with Crippen molar-refractivity contribution in [2.75, 3.05) is 26.3 Å². The van der Waals surface area contributed by atoms with Crippen molar-refractivity contribution in [3.63, 3.8) is 0 Å². The number of carboxylic acid groups (broad SMARTS) is 1. The Balaban J connectivity index is 2.23. The standard InChI is InChI=1S/C27H27F11N2O5/c1-2-44-20(21(41)42)14-17-8-10-19(11-9-17)45-13-12-40(22(43)39-15-18-6-4-3-5-7-18)16-23(28,29)24(30,31)25(32,33)26(34,35)27(36,37)38/h3-11,20H,2,12-16H2,1H3,(H,39,43)(H,41,42). The van der Waals surface area contributed by atoms with Crippen molar-refractivity contribution in [3.05, 3.63) is 65.7 Å². The van der Waals surface area contributed by atoms with Crippen LogP contribution in [0.3, 0.4) is 0 Å². The zero-order valence-electron chi connectivity index (χ0n) is 23.2. The lowest BCUT2D eigenvalue weighted by atomic mass is 9.97. The highest BCUT2D eigenvalue weighted by Gasteiger charge is 2.87. The predicted octanol–water partition coefficient (Wildman–Crippen LogP) is 6.41. The molecule has 0 bridgehead atoms. The van der Waals surface area contributed by atoms with E-state index in [1.165, 1.54) is 48.5 Å². The maximum Gasteiger partial charge on any atom is 0.460 e. The van der Waals surface area contributed by atoms with E-state index in [1.54, 1.807) is 13.0 Å². The number of nitrogens with one attached hydrogen (secondary N) is 1. The van der Waals surface area contributed by atoms with Gasteiger partial charge in [-0.05, 0) is 30.2 Å². The summed E-state index contributed by atoms with van der Waals surface area (Å²) in [6.07, 6.45) is -8.54. The van der Waals surface area contributed by atoms with E-state index in [4.69, 9.17) is 9.47 Å². The third kappa shape index (κ3) is 8.88. The van der Waals surface area contributed by atoms with Crippen LogP contribution in [0.1, 0.15) is 18.1 Å². The summed E-state index contributed by atoms with van der Waals surface area (Å²) >= 11 is 0. The Kier molecular flexibility index (Phi) is 12.0. The Bertz CT molecular complexity index is 1260. The van der Waals surface area contributed by atoms with Crippen molar-refractivity contribution >= 4 is 12.0 Å². The number of rotatable bonds is 16. The SMILES string of the molecule is CCOC(Cc1ccc(OCCN(CC(F)(F)C(F)(F)C(F)(F)C(F)(F)C(F)(F)F)C(=O)NCc2ccccc2)cc1)C(=O)O. The number of alkyl halides is 11. The number of halogens is 11. The van der Waals surface area contributed by atoms with Crippen LogP contribution in [0.25, 0.3) is 0 Å². The molecule has 0 saturated carbocycles. The summed E-state index contributed by atoms with van der Waals surface area (Å²) in [5.74, 6) is -30.0. The summed E-state index contributed by atoms with van der Waals surface area (Å²) in [6.45, 7) is -3.24. The molecule has 0 aliphatic heterocycles. The summed E-state index contributed by atoms with van der Waals surface area (Å²) in [6, 6.07) is 11.3. The molecule has 0 heterocycles. The van der Waals surface area contributed by atoms with Crippen LogP contribution in [-0.2, 0) is 22.5 Å². The fourth-order valence-electron chi connectivity index (χ4n) is 3.71. The van der Waals surface area contributed by atoms with Gasteiger partial charge in [-0.15, -0.1) is 0 Å². The maximum atomic E-state index is 14.6. The second kappa shape index (κ2) is 14.5. The van der Waals surface area contributed by atoms with E-state index in [0.29, 0.717) is 11.1 Å². The van der Waals surface area contributed by atoms with Crippen LogP contribution in [0.2, 0.25) is 0 Å². The first-order valence-corrected chi connectivity index (χ1v) is 12.9. The monoisotopic (exact) mass is 668 g/mol. The van der Waals surface area contributed by atoms with Crippen LogP contribution in [0, 0.1) is 0 Å². The number of aliphatic carboxylic acids is 1. The van der Waals surface area contributed by atoms with Gasteiger partial charge in [0.2, 0.25) is 0 Å². The summed E-state index contributed by atoms with van der Waals surface area (Å²) < 4.78 is 159. The Hall–Kier alpha value is -3.83. The van der Waals surface area contributed by atoms with E-state index in [0.717, 1.165) is 0 Å². The highest BCUT2D eigenvalue weighted by Crippen LogP contribution is 2.57. The normalized spacial score (nSPS) is 13.7. The van der Waals surface area contributed by atoms with E-state index in [1.807, 2.05) is 5.32 Å². The molecule has 252 valence electrons. The highest BCUT2D eigenvalue weighted by atomic mass is 19.4. The molecule has 2 rings (SSSR count). The molecule has 2 aromatic rings. The van der Waals surface area contributed by atoms with Gasteiger partial charge >= 0.3 is 41.9 Å². The quantitative estimate of drug-likeness (QED) is 0.202. The van der Waals surface area contributed by atoms with Gasteiger partial charge in [0.1, 0.15) is 12.4 Å². The molecule has 1 atom stereocenters. The van der Waals surface area contributed by atoms with Gasteiger partial charge in [0.15, 0.2) is 6.10 Å². The average Bonchev–Trinajstić information content (AvgIpc) is 2.95. The number of carbonyl (C=O) groups excluding carboxylic acids is 1. The predicted molar refractivity (Wildman–Crippen MR) is 135 cm³/mol. The summed E-state index contributed by atoms with van der Waals surface area (Å²) in [5.41, 5.74) is 0.827. The third-order valence-corrected chi connectivity index (χ3v) is 6.18. The molecule has 1 unspecified atom stereocenters. The molecule has 0 saturated heterocycles. The second-order valence-electron chi connectivity index (χ2n) is 9.47. The van der Waals surface area contributed by atoms with Gasteiger partial charge in [-0.1, -0.05) is 42.5 Å². The van der Waals surface area contributed by atoms with Crippen molar-refractivity contribution in [1.82, 2.24) is 10.2 Å². The summed E-state index contributed by atoms with van der Waals surface area (Å²) in [5, 5.41) is 11.2. The van der Waals surface area contributed by atoms with E-state index >= 15 is 0 Å². The lowest BCUT2D eigenvalue weighted by Crippen LogP contribution is -2.68. The molecule has 7 nitrogen and oxygen atoms in total. The largest absolute Gasteiger partial charge is 0.492 e. The molecular weight excluding hydrogens is 641 g/mol. The molecule has 0 radical (unpaired) electrons. The smallest absolute Gasteiger partial charge is 0.460 e. The lowest BCUT2D eigenvalue weighted by molar-refractivity contribution is -0.422. The number of carboxylic acids is 1. The lowest BCUT2D eigenvalue weighted by Gasteiger charge is -2.38. The van der Waals surface area contributed by atoms with E-state index in [-0.39, 0.29) is 23.7 Å². The zero-order valence-corrected chi connectivity index (χ0v) is 23.2. The first-order valence-electron chi connectivity index (χ1n) is 12.9. The van der Waals surface area contributed by atoms with Gasteiger partial charge in [-0.2, -0.15) is 48.3 Å². The van der Waals surface area contributed by atoms with Crippen LogP contribution in [0.15, 0.2) is 54.6 Å². The van der Waals surface area contributed by atoms with Gasteiger partial charge in [0.25, 0.3) is 0 Å². The molecule has 18 heteroatoms. The van der Waals surface area contributed by atoms with Gasteiger partial charge in [-0.25, -0.2) is 9.59 Å². The number of carbonyl (C=O) groups is 2. The molecule has 45 heavy (non-hydrogen) atoms. The Morgan fingerprint density at radius 1 is 0.822 bits per heavy atom. The van der Waals surface area contributed by atoms with Crippen molar-refractivity contribution in [2.45, 2.75) is 55.9 Å². The number of urea groups is 1. The van der Waals surface area contributed by atoms with Gasteiger partial charge < -0.3 is 24.8 Å². The van der Waals surface area contributed by atoms with Crippen molar-refractivity contribution in [3.8, 4) is 5.75 Å². The average molecular weight is 668 g/mol. The van der Waals surface area contributed by atoms with Crippen molar-refractivity contribution in [1.29, 1.82) is 0 Å². The number of ether oxygens (including phenoxy) is 2. The molecular formula is C27H27F11N2O5. The van der Waals surface area contributed by atoms with E-state index in [9.17, 15) is 63.0 Å². The third-order valence-electron chi connectivity index (χ3n) is 6.18. The molecule has 0 fully saturated rings. The topological polar surface area (TPSA) is 88.1 Å². The van der Waals surface area contributed by atoms with Crippen molar-refractivity contribution < 1.29 is 72.5 Å². The van der Waals surface area contributed by atoms with Gasteiger partial charge in [0.05, 0.1) is 13.1 Å². The van der Waals surface area contributed by atoms with Crippen LogP contribution in [0.5, 0.6) is 5.75 Å². The first kappa shape index (κ1) is 37.4. The first-order chi connectivity index (χ1) is 20.7. The minimum Gasteiger partial charge on any atom is -0.492 e. The number of hydrogen-bond donors (Lipinski definition) is 2. The summed E-state index contributed by atoms with van der Waals surface area (Å²) in [4.78, 5) is 23.7. The molecule has 0 aliphatic carbocycles. The highest BCUT2D eigenvalue weighted by molar-refractivity contribution is 5.74. The number of benzene rings is 2. The van der Waals surface area contributed by atoms with Crippen molar-refractivity contribution in [2.24, 2.45) is 0 Å². The van der Waals surface area contributed by atoms with Gasteiger partial charge in [-0.3, -0.25) is 0 Å². The minimum atomic E-state index is -7.62. The van der Waals surface area contributed by atoms with Gasteiger partial charge in [0, 0.05) is 19.6 Å². The van der Waals surface area contributed by atoms with Crippen LogP contribution >= 0.6 is 0 Å². The molecule has 0 aliphatic rings. The minimum absolute atomic E-state index is 0.0138. The molecule has 0 aromatic heterocycles. The molecule has 2 N–H and O–H groups in total. The number of nitrogens with zero attached hydrogens (tertiary/aromatic N) is 1. The fourth-order valence-corrected chi connectivity index (χ4v) is 3.71. The number of amides is 2. The number of hydrogen-bond acceptors (Lipinski definition) is 4. The van der Waals surface area contributed by atoms with E-state index in [2.05, 4.69) is 0 Å². The Morgan fingerprint density at radius 3 is 1.91 bits per heavy atom. The van der Waals surface area contributed by atoms with Crippen LogP contribution in [0.4, 0.5) is 53.1 Å². The Labute approximate surface area is 248 Å². The Morgan fingerprint density at radius 2 is 1.40 bits per heavy atom. The van der Waals surface area contributed by atoms with Crippen LogP contribution < -0.4 is 10.1 Å². The summed E-state index contributed by atoms with van der Waals surface area (Å²) in [7, 11) is 0.